The number of carbonyl (C=O) groups excluding carboxylic acids is 2. The molecule has 164 valence electrons. The van der Waals surface area contributed by atoms with Gasteiger partial charge in [-0.25, -0.2) is 9.47 Å². The average molecular weight is 462 g/mol. The fourth-order valence-electron chi connectivity index (χ4n) is 3.43. The lowest BCUT2D eigenvalue weighted by atomic mass is 9.95. The molecule has 0 bridgehead atoms. The first-order chi connectivity index (χ1) is 15.0. The Bertz CT molecular complexity index is 1090. The zero-order valence-corrected chi connectivity index (χ0v) is 18.8. The molecule has 1 amide bonds. The van der Waals surface area contributed by atoms with E-state index in [2.05, 4.69) is 15.5 Å². The van der Waals surface area contributed by atoms with Crippen molar-refractivity contribution in [2.75, 3.05) is 17.8 Å². The number of rotatable bonds is 7. The van der Waals surface area contributed by atoms with E-state index in [0.717, 1.165) is 36.1 Å². The van der Waals surface area contributed by atoms with E-state index in [-0.39, 0.29) is 18.5 Å². The Morgan fingerprint density at radius 1 is 1.39 bits per heavy atom. The molecule has 3 heterocycles. The number of thioether (sulfide) groups is 1. The summed E-state index contributed by atoms with van der Waals surface area (Å²) in [6.07, 6.45) is 5.37. The zero-order valence-electron chi connectivity index (χ0n) is 17.2. The van der Waals surface area contributed by atoms with Crippen LogP contribution >= 0.6 is 23.1 Å². The predicted octanol–water partition coefficient (Wildman–Crippen LogP) is 3.49. The Balaban J connectivity index is 1.51. The molecule has 0 saturated carbocycles. The maximum atomic E-state index is 12.9. The number of nitrogens with zero attached hydrogens (tertiary/aromatic N) is 3. The molecule has 1 atom stereocenters. The Hall–Kier alpha value is -2.79. The summed E-state index contributed by atoms with van der Waals surface area (Å²) >= 11 is 2.64. The number of ether oxygens (including phenoxy) is 1. The van der Waals surface area contributed by atoms with Crippen molar-refractivity contribution in [2.24, 2.45) is 0 Å². The van der Waals surface area contributed by atoms with Gasteiger partial charge in [-0.2, -0.15) is 0 Å². The van der Waals surface area contributed by atoms with Gasteiger partial charge in [-0.15, -0.1) is 21.5 Å². The summed E-state index contributed by atoms with van der Waals surface area (Å²) in [7, 11) is 0. The van der Waals surface area contributed by atoms with Crippen molar-refractivity contribution in [3.63, 3.8) is 0 Å². The molecule has 0 spiro atoms. The molecule has 0 fully saturated rings. The number of thiophene rings is 1. The fourth-order valence-corrected chi connectivity index (χ4v) is 5.48. The van der Waals surface area contributed by atoms with Gasteiger partial charge in [0.05, 0.1) is 23.7 Å². The van der Waals surface area contributed by atoms with Crippen LogP contribution in [0.3, 0.4) is 0 Å². The van der Waals surface area contributed by atoms with Crippen molar-refractivity contribution in [2.45, 2.75) is 49.9 Å². The summed E-state index contributed by atoms with van der Waals surface area (Å²) in [4.78, 5) is 26.6. The van der Waals surface area contributed by atoms with Crippen molar-refractivity contribution in [3.05, 3.63) is 34.4 Å². The van der Waals surface area contributed by atoms with E-state index in [4.69, 9.17) is 15.0 Å². The number of nitrogens with one attached hydrogen (secondary N) is 1. The van der Waals surface area contributed by atoms with E-state index < -0.39 is 5.25 Å². The van der Waals surface area contributed by atoms with Crippen molar-refractivity contribution in [3.8, 4) is 11.6 Å². The van der Waals surface area contributed by atoms with Gasteiger partial charge in [-0.05, 0) is 57.2 Å². The van der Waals surface area contributed by atoms with E-state index >= 15 is 0 Å². The van der Waals surface area contributed by atoms with Gasteiger partial charge < -0.3 is 20.3 Å². The minimum atomic E-state index is -0.523. The number of hydrogen-bond donors (Lipinski definition) is 2. The molecule has 3 N–H and O–H groups in total. The number of fused-ring (bicyclic) bond motifs is 1. The highest BCUT2D eigenvalue weighted by Crippen LogP contribution is 2.39. The molecule has 31 heavy (non-hydrogen) atoms. The third-order valence-corrected chi connectivity index (χ3v) is 7.21. The molecule has 3 aromatic rings. The predicted molar refractivity (Wildman–Crippen MR) is 119 cm³/mol. The zero-order chi connectivity index (χ0) is 22.0. The van der Waals surface area contributed by atoms with Crippen LogP contribution in [0.1, 0.15) is 47.5 Å². The molecule has 0 aromatic carbocycles. The third-order valence-electron chi connectivity index (χ3n) is 4.95. The lowest BCUT2D eigenvalue weighted by molar-refractivity contribution is -0.115. The highest BCUT2D eigenvalue weighted by molar-refractivity contribution is 8.00. The molecule has 1 unspecified atom stereocenters. The summed E-state index contributed by atoms with van der Waals surface area (Å²) in [5, 5.41) is 11.4. The molecular formula is C20H23N5O4S2. The Morgan fingerprint density at radius 2 is 2.19 bits per heavy atom. The normalized spacial score (nSPS) is 14.1. The molecule has 0 saturated heterocycles. The Morgan fingerprint density at radius 3 is 2.94 bits per heavy atom. The van der Waals surface area contributed by atoms with Gasteiger partial charge in [-0.3, -0.25) is 4.79 Å². The SMILES string of the molecule is CCOC(=O)c1c(NC(=O)C(C)Sc2nnc(-c3ccco3)n2N)sc2c1CCCC2. The van der Waals surface area contributed by atoms with Crippen LogP contribution < -0.4 is 11.2 Å². The van der Waals surface area contributed by atoms with E-state index in [1.54, 1.807) is 26.0 Å². The monoisotopic (exact) mass is 461 g/mol. The van der Waals surface area contributed by atoms with Crippen molar-refractivity contribution in [1.82, 2.24) is 14.9 Å². The first-order valence-corrected chi connectivity index (χ1v) is 11.7. The number of aromatic nitrogens is 3. The number of anilines is 1. The number of nitrogens with two attached hydrogens (primary N) is 1. The van der Waals surface area contributed by atoms with E-state index in [1.807, 2.05) is 0 Å². The van der Waals surface area contributed by atoms with Crippen LogP contribution in [0.2, 0.25) is 0 Å². The Kier molecular flexibility index (Phi) is 6.33. The maximum absolute atomic E-state index is 12.9. The minimum absolute atomic E-state index is 0.253. The topological polar surface area (TPSA) is 125 Å². The van der Waals surface area contributed by atoms with Crippen molar-refractivity contribution < 1.29 is 18.7 Å². The van der Waals surface area contributed by atoms with Gasteiger partial charge in [0.1, 0.15) is 5.00 Å². The smallest absolute Gasteiger partial charge is 0.341 e. The summed E-state index contributed by atoms with van der Waals surface area (Å²) in [6, 6.07) is 3.46. The molecule has 9 nitrogen and oxygen atoms in total. The minimum Gasteiger partial charge on any atom is -0.462 e. The summed E-state index contributed by atoms with van der Waals surface area (Å²) in [6.45, 7) is 3.81. The fraction of sp³-hybridized carbons (Fsp3) is 0.400. The molecule has 4 rings (SSSR count). The molecule has 1 aliphatic rings. The Labute approximate surface area is 187 Å². The molecule has 3 aromatic heterocycles. The summed E-state index contributed by atoms with van der Waals surface area (Å²) in [5.41, 5.74) is 1.50. The van der Waals surface area contributed by atoms with Crippen LogP contribution in [0.5, 0.6) is 0 Å². The summed E-state index contributed by atoms with van der Waals surface area (Å²) in [5.74, 6) is 6.30. The van der Waals surface area contributed by atoms with Gasteiger partial charge in [-0.1, -0.05) is 11.8 Å². The van der Waals surface area contributed by atoms with Gasteiger partial charge in [0.15, 0.2) is 5.76 Å². The number of nitrogen functional groups attached to an aromatic ring is 1. The second-order valence-corrected chi connectivity index (χ2v) is 9.45. The van der Waals surface area contributed by atoms with Gasteiger partial charge in [0.2, 0.25) is 16.9 Å². The quantitative estimate of drug-likeness (QED) is 0.311. The first-order valence-electron chi connectivity index (χ1n) is 10.0. The lowest BCUT2D eigenvalue weighted by Crippen LogP contribution is -2.24. The molecular weight excluding hydrogens is 438 g/mol. The van der Waals surface area contributed by atoms with Crippen LogP contribution in [0, 0.1) is 0 Å². The lowest BCUT2D eigenvalue weighted by Gasteiger charge is -2.13. The molecule has 0 aliphatic heterocycles. The number of aryl methyl sites for hydroxylation is 1. The molecule has 1 aliphatic carbocycles. The second-order valence-electron chi connectivity index (χ2n) is 7.04. The number of furan rings is 1. The highest BCUT2D eigenvalue weighted by atomic mass is 32.2. The largest absolute Gasteiger partial charge is 0.462 e. The van der Waals surface area contributed by atoms with Crippen LogP contribution in [0.25, 0.3) is 11.6 Å². The standard InChI is InChI=1S/C20H23N5O4S2/c1-3-28-19(27)15-12-7-4-5-9-14(12)31-18(15)22-17(26)11(2)30-20-24-23-16(25(20)21)13-8-6-10-29-13/h6,8,10-11H,3-5,7,9,21H2,1-2H3,(H,22,26). The molecule has 0 radical (unpaired) electrons. The number of carbonyl (C=O) groups is 2. The van der Waals surface area contributed by atoms with Gasteiger partial charge >= 0.3 is 5.97 Å². The van der Waals surface area contributed by atoms with Gasteiger partial charge in [0.25, 0.3) is 0 Å². The number of amides is 1. The van der Waals surface area contributed by atoms with Crippen molar-refractivity contribution in [1.29, 1.82) is 0 Å². The number of hydrogen-bond acceptors (Lipinski definition) is 9. The van der Waals surface area contributed by atoms with Crippen LogP contribution in [0.15, 0.2) is 28.0 Å². The van der Waals surface area contributed by atoms with E-state index in [1.165, 1.54) is 34.0 Å². The third kappa shape index (κ3) is 4.33. The maximum Gasteiger partial charge on any atom is 0.341 e. The van der Waals surface area contributed by atoms with Crippen molar-refractivity contribution >= 4 is 40.0 Å². The van der Waals surface area contributed by atoms with E-state index in [9.17, 15) is 9.59 Å². The summed E-state index contributed by atoms with van der Waals surface area (Å²) < 4.78 is 11.8. The second kappa shape index (κ2) is 9.15. The van der Waals surface area contributed by atoms with Crippen LogP contribution in [-0.4, -0.2) is 38.6 Å². The number of esters is 1. The van der Waals surface area contributed by atoms with Crippen LogP contribution in [-0.2, 0) is 22.4 Å². The van der Waals surface area contributed by atoms with E-state index in [0.29, 0.717) is 27.3 Å². The highest BCUT2D eigenvalue weighted by Gasteiger charge is 2.29. The average Bonchev–Trinajstić information content (AvgIpc) is 3.47. The van der Waals surface area contributed by atoms with Gasteiger partial charge in [0, 0.05) is 4.88 Å². The molecule has 11 heteroatoms. The first kappa shape index (κ1) is 21.4. The van der Waals surface area contributed by atoms with Crippen LogP contribution in [0.4, 0.5) is 5.00 Å².